The number of benzene rings is 2. The van der Waals surface area contributed by atoms with Crippen LogP contribution in [0.5, 0.6) is 5.75 Å². The molecule has 0 unspecified atom stereocenters. The quantitative estimate of drug-likeness (QED) is 0.427. The molecule has 9 nitrogen and oxygen atoms in total. The number of fused-ring (bicyclic) bond motifs is 1. The maximum absolute atomic E-state index is 14.0. The van der Waals surface area contributed by atoms with Crippen molar-refractivity contribution in [3.05, 3.63) is 53.8 Å². The van der Waals surface area contributed by atoms with Crippen LogP contribution >= 0.6 is 0 Å². The first-order valence-electron chi connectivity index (χ1n) is 13.5. The van der Waals surface area contributed by atoms with Crippen molar-refractivity contribution < 1.29 is 28.6 Å². The summed E-state index contributed by atoms with van der Waals surface area (Å²) in [4.78, 5) is 28.2. The molecule has 0 saturated heterocycles. The van der Waals surface area contributed by atoms with Crippen LogP contribution in [0.4, 0.5) is 20.6 Å². The molecule has 3 rings (SSSR count). The van der Waals surface area contributed by atoms with E-state index in [1.54, 1.807) is 30.0 Å². The molecule has 0 spiro atoms. The first-order chi connectivity index (χ1) is 18.7. The van der Waals surface area contributed by atoms with E-state index in [9.17, 15) is 19.1 Å². The zero-order valence-electron chi connectivity index (χ0n) is 23.2. The van der Waals surface area contributed by atoms with E-state index in [1.807, 2.05) is 20.9 Å². The van der Waals surface area contributed by atoms with E-state index in [0.717, 1.165) is 19.3 Å². The van der Waals surface area contributed by atoms with Gasteiger partial charge in [-0.2, -0.15) is 0 Å². The number of aliphatic hydroxyl groups is 1. The predicted molar refractivity (Wildman–Crippen MR) is 150 cm³/mol. The zero-order chi connectivity index (χ0) is 28.4. The fraction of sp³-hybridized carbons (Fsp3) is 0.517. The van der Waals surface area contributed by atoms with Crippen molar-refractivity contribution in [1.82, 2.24) is 10.2 Å². The molecule has 0 radical (unpaired) electrons. The number of nitrogens with one attached hydrogen (secondary N) is 3. The van der Waals surface area contributed by atoms with Gasteiger partial charge in [0, 0.05) is 37.0 Å². The third kappa shape index (κ3) is 8.91. The van der Waals surface area contributed by atoms with Crippen molar-refractivity contribution in [2.45, 2.75) is 58.3 Å². The lowest BCUT2D eigenvalue weighted by molar-refractivity contribution is -0.000451. The molecule has 2 aromatic carbocycles. The second kappa shape index (κ2) is 14.8. The van der Waals surface area contributed by atoms with Crippen molar-refractivity contribution in [1.29, 1.82) is 0 Å². The Kier molecular flexibility index (Phi) is 11.5. The van der Waals surface area contributed by atoms with Crippen LogP contribution in [0.2, 0.25) is 0 Å². The number of hydrogen-bond acceptors (Lipinski definition) is 6. The lowest BCUT2D eigenvalue weighted by atomic mass is 10.0. The molecule has 1 aliphatic rings. The average molecular weight is 545 g/mol. The van der Waals surface area contributed by atoms with Crippen molar-refractivity contribution >= 4 is 23.3 Å². The normalized spacial score (nSPS) is 21.7. The Bertz CT molecular complexity index is 1080. The van der Waals surface area contributed by atoms with Crippen LogP contribution in [-0.2, 0) is 4.74 Å². The Labute approximate surface area is 230 Å². The highest BCUT2D eigenvalue weighted by Gasteiger charge is 2.29. The minimum Gasteiger partial charge on any atom is -0.490 e. The molecule has 10 heteroatoms. The van der Waals surface area contributed by atoms with E-state index < -0.39 is 17.9 Å². The van der Waals surface area contributed by atoms with E-state index in [1.165, 1.54) is 24.3 Å². The van der Waals surface area contributed by atoms with Crippen molar-refractivity contribution in [3.63, 3.8) is 0 Å². The predicted octanol–water partition coefficient (Wildman–Crippen LogP) is 4.48. The Morgan fingerprint density at radius 2 is 1.82 bits per heavy atom. The molecule has 3 amide bonds. The standard InChI is InChI=1S/C29H41FN4O5/c1-19-17-34(20(2)18-35)28(36)25-15-24(33-29(37)32-23-10-8-22(30)9-11-23)12-13-26(25)39-21(3)7-5-6-14-38-27(19)16-31-4/h8-13,15,19-21,27,31,35H,5-7,14,16-18H2,1-4H3,(H2,32,33,37)/t19-,20-,21+,27-/m1/s1. The number of urea groups is 1. The highest BCUT2D eigenvalue weighted by molar-refractivity contribution is 6.02. The molecule has 39 heavy (non-hydrogen) atoms. The molecular weight excluding hydrogens is 503 g/mol. The van der Waals surface area contributed by atoms with E-state index in [-0.39, 0.29) is 36.2 Å². The molecule has 0 aromatic heterocycles. The van der Waals surface area contributed by atoms with Crippen LogP contribution in [0, 0.1) is 11.7 Å². The van der Waals surface area contributed by atoms with Gasteiger partial charge in [-0.3, -0.25) is 4.79 Å². The number of nitrogens with zero attached hydrogens (tertiary/aromatic N) is 1. The van der Waals surface area contributed by atoms with Crippen molar-refractivity contribution in [3.8, 4) is 5.75 Å². The summed E-state index contributed by atoms with van der Waals surface area (Å²) in [5.74, 6) is -0.308. The summed E-state index contributed by atoms with van der Waals surface area (Å²) < 4.78 is 25.6. The van der Waals surface area contributed by atoms with E-state index in [2.05, 4.69) is 16.0 Å². The van der Waals surface area contributed by atoms with Gasteiger partial charge in [-0.25, -0.2) is 9.18 Å². The first-order valence-corrected chi connectivity index (χ1v) is 13.5. The lowest BCUT2D eigenvalue weighted by Gasteiger charge is -2.34. The fourth-order valence-corrected chi connectivity index (χ4v) is 4.52. The van der Waals surface area contributed by atoms with Gasteiger partial charge in [0.25, 0.3) is 5.91 Å². The number of amides is 3. The number of aliphatic hydroxyl groups excluding tert-OH is 1. The van der Waals surface area contributed by atoms with Crippen LogP contribution < -0.4 is 20.7 Å². The topological polar surface area (TPSA) is 112 Å². The summed E-state index contributed by atoms with van der Waals surface area (Å²) in [5, 5.41) is 18.6. The number of anilines is 2. The summed E-state index contributed by atoms with van der Waals surface area (Å²) in [7, 11) is 1.87. The van der Waals surface area contributed by atoms with Crippen LogP contribution in [0.25, 0.3) is 0 Å². The number of hydrogen-bond donors (Lipinski definition) is 4. The zero-order valence-corrected chi connectivity index (χ0v) is 23.2. The molecule has 0 aliphatic carbocycles. The average Bonchev–Trinajstić information content (AvgIpc) is 2.91. The van der Waals surface area contributed by atoms with Gasteiger partial charge in [0.15, 0.2) is 0 Å². The summed E-state index contributed by atoms with van der Waals surface area (Å²) >= 11 is 0. The minimum atomic E-state index is -0.537. The Morgan fingerprint density at radius 1 is 1.13 bits per heavy atom. The maximum Gasteiger partial charge on any atom is 0.323 e. The van der Waals surface area contributed by atoms with E-state index >= 15 is 0 Å². The highest BCUT2D eigenvalue weighted by Crippen LogP contribution is 2.28. The van der Waals surface area contributed by atoms with Gasteiger partial charge in [0.05, 0.1) is 30.4 Å². The summed E-state index contributed by atoms with van der Waals surface area (Å²) in [5.41, 5.74) is 1.10. The second-order valence-electron chi connectivity index (χ2n) is 10.2. The smallest absolute Gasteiger partial charge is 0.323 e. The molecule has 4 N–H and O–H groups in total. The number of likely N-dealkylation sites (N-methyl/N-ethyl adjacent to an activating group) is 1. The van der Waals surface area contributed by atoms with E-state index in [4.69, 9.17) is 9.47 Å². The lowest BCUT2D eigenvalue weighted by Crippen LogP contribution is -2.47. The number of halogens is 1. The van der Waals surface area contributed by atoms with Crippen LogP contribution in [0.3, 0.4) is 0 Å². The third-order valence-electron chi connectivity index (χ3n) is 6.82. The van der Waals surface area contributed by atoms with E-state index in [0.29, 0.717) is 36.8 Å². The van der Waals surface area contributed by atoms with Crippen LogP contribution in [-0.4, -0.2) is 73.5 Å². The Hall–Kier alpha value is -3.21. The highest BCUT2D eigenvalue weighted by atomic mass is 19.1. The fourth-order valence-electron chi connectivity index (χ4n) is 4.52. The van der Waals surface area contributed by atoms with Gasteiger partial charge in [0.2, 0.25) is 0 Å². The summed E-state index contributed by atoms with van der Waals surface area (Å²) in [6.45, 7) is 7.22. The monoisotopic (exact) mass is 544 g/mol. The number of carbonyl (C=O) groups is 2. The molecule has 0 bridgehead atoms. The minimum absolute atomic E-state index is 0.00979. The van der Waals surface area contributed by atoms with Crippen molar-refractivity contribution in [2.75, 3.05) is 44.0 Å². The van der Waals surface area contributed by atoms with Crippen LogP contribution in [0.15, 0.2) is 42.5 Å². The summed E-state index contributed by atoms with van der Waals surface area (Å²) in [6.07, 6.45) is 2.36. The molecule has 4 atom stereocenters. The van der Waals surface area contributed by atoms with Gasteiger partial charge in [-0.15, -0.1) is 0 Å². The SMILES string of the molecule is CNC[C@H]1OCCCC[C@H](C)Oc2ccc(NC(=O)Nc3ccc(F)cc3)cc2C(=O)N([C@H](C)CO)C[C@H]1C. The van der Waals surface area contributed by atoms with Crippen molar-refractivity contribution in [2.24, 2.45) is 5.92 Å². The molecule has 1 aliphatic heterocycles. The molecule has 1 heterocycles. The number of rotatable bonds is 6. The molecule has 2 aromatic rings. The van der Waals surface area contributed by atoms with Gasteiger partial charge < -0.3 is 35.4 Å². The third-order valence-corrected chi connectivity index (χ3v) is 6.82. The second-order valence-corrected chi connectivity index (χ2v) is 10.2. The summed E-state index contributed by atoms with van der Waals surface area (Å²) in [6, 6.07) is 9.37. The van der Waals surface area contributed by atoms with Gasteiger partial charge in [-0.05, 0) is 82.6 Å². The molecule has 214 valence electrons. The molecule has 0 saturated carbocycles. The van der Waals surface area contributed by atoms with Gasteiger partial charge in [0.1, 0.15) is 11.6 Å². The molecule has 0 fully saturated rings. The largest absolute Gasteiger partial charge is 0.490 e. The van der Waals surface area contributed by atoms with Gasteiger partial charge >= 0.3 is 6.03 Å². The number of ether oxygens (including phenoxy) is 2. The Morgan fingerprint density at radius 3 is 2.51 bits per heavy atom. The Balaban J connectivity index is 1.92. The first kappa shape index (κ1) is 30.3. The number of carbonyl (C=O) groups excluding carboxylic acids is 2. The maximum atomic E-state index is 14.0. The van der Waals surface area contributed by atoms with Crippen LogP contribution in [0.1, 0.15) is 50.4 Å². The molecular formula is C29H41FN4O5. The van der Waals surface area contributed by atoms with Gasteiger partial charge in [-0.1, -0.05) is 6.92 Å².